The van der Waals surface area contributed by atoms with Crippen molar-refractivity contribution in [3.8, 4) is 22.6 Å². The number of rotatable bonds is 9. The number of aromatic nitrogens is 5. The molecule has 0 saturated carbocycles. The van der Waals surface area contributed by atoms with E-state index in [0.29, 0.717) is 35.7 Å². The van der Waals surface area contributed by atoms with E-state index >= 15 is 0 Å². The molecular weight excluding hydrogens is 817 g/mol. The molecule has 0 bridgehead atoms. The summed E-state index contributed by atoms with van der Waals surface area (Å²) < 4.78 is 40.3. The number of ether oxygens (including phenoxy) is 1. The summed E-state index contributed by atoms with van der Waals surface area (Å²) in [5, 5.41) is 6.19. The van der Waals surface area contributed by atoms with Crippen molar-refractivity contribution in [2.45, 2.75) is 99.4 Å². The molecule has 7 aromatic rings. The molecule has 1 amide bonds. The van der Waals surface area contributed by atoms with Crippen molar-refractivity contribution < 1.29 is 18.3 Å². The summed E-state index contributed by atoms with van der Waals surface area (Å²) in [6, 6.07) is 18.3. The molecule has 4 aromatic heterocycles. The van der Waals surface area contributed by atoms with E-state index in [9.17, 15) is 18.4 Å². The van der Waals surface area contributed by atoms with Gasteiger partial charge in [-0.25, -0.2) is 18.7 Å². The zero-order valence-corrected chi connectivity index (χ0v) is 37.8. The number of anilines is 2. The highest BCUT2D eigenvalue weighted by Crippen LogP contribution is 2.38. The van der Waals surface area contributed by atoms with Gasteiger partial charge in [0, 0.05) is 48.3 Å². The zero-order chi connectivity index (χ0) is 44.7. The minimum Gasteiger partial charge on any atom is -0.368 e. The van der Waals surface area contributed by atoms with Crippen molar-refractivity contribution in [2.24, 2.45) is 0 Å². The van der Waals surface area contributed by atoms with Crippen LogP contribution in [0.1, 0.15) is 87.9 Å². The normalized spacial score (nSPS) is 16.5. The predicted octanol–water partition coefficient (Wildman–Crippen LogP) is 10.8. The SMILES string of the molecule is CCc1cc(Nc2nc(-c3ccc(-n4ccc(C)c4)c(F)c3)cs2)c(C)cc1C.Cc1cn(-c2ccc3n(c2=O)CCN(C(C)C2CCC(c4cc(F)c(C)cc4C)O2)C3=O)cn1. The maximum Gasteiger partial charge on any atom is 0.275 e. The number of hydrogen-bond acceptors (Lipinski definition) is 7. The Bertz CT molecular complexity index is 2890. The zero-order valence-electron chi connectivity index (χ0n) is 37.0. The summed E-state index contributed by atoms with van der Waals surface area (Å²) in [4.78, 5) is 37.1. The molecule has 0 aliphatic carbocycles. The van der Waals surface area contributed by atoms with Crippen molar-refractivity contribution in [1.82, 2.24) is 28.6 Å². The predicted molar refractivity (Wildman–Crippen MR) is 246 cm³/mol. The number of amides is 1. The number of nitrogens with one attached hydrogen (secondary N) is 1. The fourth-order valence-electron chi connectivity index (χ4n) is 8.73. The molecule has 0 spiro atoms. The van der Waals surface area contributed by atoms with Crippen LogP contribution in [-0.2, 0) is 17.7 Å². The Morgan fingerprint density at radius 1 is 0.841 bits per heavy atom. The van der Waals surface area contributed by atoms with Crippen LogP contribution >= 0.6 is 11.3 Å². The number of benzene rings is 3. The Labute approximate surface area is 370 Å². The first kappa shape index (κ1) is 43.5. The Morgan fingerprint density at radius 2 is 1.62 bits per heavy atom. The molecule has 3 atom stereocenters. The number of carbonyl (C=O) groups is 1. The van der Waals surface area contributed by atoms with Crippen molar-refractivity contribution in [3.05, 3.63) is 163 Å². The van der Waals surface area contributed by atoms with Crippen LogP contribution < -0.4 is 10.9 Å². The van der Waals surface area contributed by atoms with E-state index in [1.165, 1.54) is 28.0 Å². The average Bonchev–Trinajstić information content (AvgIpc) is 4.10. The van der Waals surface area contributed by atoms with Gasteiger partial charge in [-0.15, -0.1) is 11.3 Å². The maximum atomic E-state index is 14.7. The van der Waals surface area contributed by atoms with Gasteiger partial charge in [0.25, 0.3) is 11.5 Å². The lowest BCUT2D eigenvalue weighted by molar-refractivity contribution is -0.00916. The molecule has 0 radical (unpaired) electrons. The summed E-state index contributed by atoms with van der Waals surface area (Å²) in [7, 11) is 0. The number of imidazole rings is 1. The third kappa shape index (κ3) is 8.90. The van der Waals surface area contributed by atoms with Gasteiger partial charge in [0.15, 0.2) is 5.13 Å². The van der Waals surface area contributed by atoms with Crippen LogP contribution in [0.5, 0.6) is 0 Å². The third-order valence-electron chi connectivity index (χ3n) is 12.3. The first-order valence-corrected chi connectivity index (χ1v) is 22.3. The van der Waals surface area contributed by atoms with Gasteiger partial charge in [0.1, 0.15) is 23.0 Å². The van der Waals surface area contributed by atoms with E-state index in [4.69, 9.17) is 4.74 Å². The minimum atomic E-state index is -0.262. The number of fused-ring (bicyclic) bond motifs is 1. The van der Waals surface area contributed by atoms with Crippen LogP contribution in [0.2, 0.25) is 0 Å². The molecule has 2 aliphatic rings. The second-order valence-electron chi connectivity index (χ2n) is 16.8. The quantitative estimate of drug-likeness (QED) is 0.155. The fraction of sp³-hybridized carbons (Fsp3) is 0.320. The lowest BCUT2D eigenvalue weighted by Crippen LogP contribution is -2.52. The number of halogens is 2. The lowest BCUT2D eigenvalue weighted by Gasteiger charge is -2.37. The van der Waals surface area contributed by atoms with Crippen LogP contribution in [0.3, 0.4) is 0 Å². The van der Waals surface area contributed by atoms with Gasteiger partial charge in [-0.3, -0.25) is 9.59 Å². The number of pyridine rings is 1. The molecule has 2 aliphatic heterocycles. The van der Waals surface area contributed by atoms with Gasteiger partial charge in [-0.1, -0.05) is 25.1 Å². The van der Waals surface area contributed by atoms with Gasteiger partial charge in [0.05, 0.1) is 41.7 Å². The smallest absolute Gasteiger partial charge is 0.275 e. The number of carbonyl (C=O) groups excluding carboxylic acids is 1. The monoisotopic (exact) mass is 869 g/mol. The van der Waals surface area contributed by atoms with Gasteiger partial charge < -0.3 is 28.7 Å². The van der Waals surface area contributed by atoms with E-state index < -0.39 is 0 Å². The third-order valence-corrected chi connectivity index (χ3v) is 13.1. The summed E-state index contributed by atoms with van der Waals surface area (Å²) in [5.74, 6) is -0.657. The van der Waals surface area contributed by atoms with Gasteiger partial charge in [-0.2, -0.15) is 0 Å². The van der Waals surface area contributed by atoms with Crippen LogP contribution in [0.25, 0.3) is 22.6 Å². The molecule has 1 N–H and O–H groups in total. The molecule has 326 valence electrons. The molecule has 1 saturated heterocycles. The molecule has 13 heteroatoms. The molecular formula is C50H53F2N7O3S. The second-order valence-corrected chi connectivity index (χ2v) is 17.7. The van der Waals surface area contributed by atoms with Crippen LogP contribution in [0, 0.1) is 53.2 Å². The number of aryl methyl sites for hydroxylation is 7. The van der Waals surface area contributed by atoms with Crippen LogP contribution in [-0.4, -0.2) is 53.2 Å². The molecule has 6 heterocycles. The summed E-state index contributed by atoms with van der Waals surface area (Å²) in [5.41, 5.74) is 12.1. The fourth-order valence-corrected chi connectivity index (χ4v) is 9.46. The first-order chi connectivity index (χ1) is 30.2. The first-order valence-electron chi connectivity index (χ1n) is 21.4. The van der Waals surface area contributed by atoms with Crippen LogP contribution in [0.4, 0.5) is 19.6 Å². The minimum absolute atomic E-state index is 0.149. The van der Waals surface area contributed by atoms with Gasteiger partial charge in [-0.05, 0) is 149 Å². The highest BCUT2D eigenvalue weighted by atomic mass is 32.1. The standard InChI is InChI=1S/C26H29FN4O3.C24H24FN3S/c1-15-11-16(2)20(27)12-19(15)24-8-7-23(34-24)18(4)30-9-10-31-22(26(30)33)6-5-21(25(31)32)29-13-17(3)28-14-29;1-5-18-12-21(17(4)10-16(18)3)26-24-27-22(14-29-24)19-6-7-23(20(25)11-19)28-9-8-15(2)13-28/h5-6,11-14,18,23-24H,7-10H2,1-4H3;6-14H,5H2,1-4H3,(H,26,27). The molecule has 3 aromatic carbocycles. The van der Waals surface area contributed by atoms with E-state index in [0.717, 1.165) is 63.7 Å². The molecule has 1 fully saturated rings. The highest BCUT2D eigenvalue weighted by molar-refractivity contribution is 7.14. The molecule has 9 rings (SSSR count). The Hall–Kier alpha value is -6.18. The van der Waals surface area contributed by atoms with Crippen LogP contribution in [0.15, 0.2) is 95.8 Å². The average molecular weight is 870 g/mol. The van der Waals surface area contributed by atoms with Crippen molar-refractivity contribution in [1.29, 1.82) is 0 Å². The maximum absolute atomic E-state index is 14.7. The number of thiazole rings is 1. The topological polar surface area (TPSA) is 99.2 Å². The van der Waals surface area contributed by atoms with E-state index in [1.807, 2.05) is 63.7 Å². The van der Waals surface area contributed by atoms with Gasteiger partial charge >= 0.3 is 0 Å². The van der Waals surface area contributed by atoms with E-state index in [1.54, 1.807) is 68.4 Å². The van der Waals surface area contributed by atoms with E-state index in [-0.39, 0.29) is 41.4 Å². The molecule has 10 nitrogen and oxygen atoms in total. The second kappa shape index (κ2) is 17.9. The Kier molecular flexibility index (Phi) is 12.3. The van der Waals surface area contributed by atoms with Crippen molar-refractivity contribution in [3.63, 3.8) is 0 Å². The Balaban J connectivity index is 0.000000175. The lowest BCUT2D eigenvalue weighted by atomic mass is 9.98. The summed E-state index contributed by atoms with van der Waals surface area (Å²) in [6.07, 6.45) is 9.41. The largest absolute Gasteiger partial charge is 0.368 e. The summed E-state index contributed by atoms with van der Waals surface area (Å²) >= 11 is 1.53. The van der Waals surface area contributed by atoms with E-state index in [2.05, 4.69) is 48.2 Å². The number of nitrogens with zero attached hydrogens (tertiary/aromatic N) is 6. The van der Waals surface area contributed by atoms with Gasteiger partial charge in [0.2, 0.25) is 0 Å². The number of hydrogen-bond donors (Lipinski definition) is 1. The van der Waals surface area contributed by atoms with Crippen molar-refractivity contribution in [2.75, 3.05) is 11.9 Å². The summed E-state index contributed by atoms with van der Waals surface area (Å²) in [6.45, 7) is 16.8. The Morgan fingerprint density at radius 3 is 2.33 bits per heavy atom. The van der Waals surface area contributed by atoms with Crippen molar-refractivity contribution >= 4 is 28.1 Å². The molecule has 3 unspecified atom stereocenters. The highest BCUT2D eigenvalue weighted by Gasteiger charge is 2.38. The molecule has 63 heavy (non-hydrogen) atoms.